The lowest BCUT2D eigenvalue weighted by Crippen LogP contribution is -2.49. The Kier molecular flexibility index (Phi) is 5.52. The van der Waals surface area contributed by atoms with Crippen molar-refractivity contribution in [1.29, 1.82) is 0 Å². The standard InChI is InChI=1S/C16H24N6O3/c1-2-25-16(24)22-11-9-21(10-12-22)15-17-4-3-14(18-15)20-7-5-19(13-23)6-8-20/h3-4,13H,2,5-12H2,1H3. The first-order valence-electron chi connectivity index (χ1n) is 8.65. The van der Waals surface area contributed by atoms with Gasteiger partial charge in [0, 0.05) is 58.6 Å². The predicted octanol–water partition coefficient (Wildman–Crippen LogP) is 0.0335. The summed E-state index contributed by atoms with van der Waals surface area (Å²) >= 11 is 0. The summed E-state index contributed by atoms with van der Waals surface area (Å²) in [6.07, 6.45) is 2.40. The monoisotopic (exact) mass is 348 g/mol. The first-order chi connectivity index (χ1) is 12.2. The van der Waals surface area contributed by atoms with Gasteiger partial charge in [0.05, 0.1) is 6.61 Å². The molecule has 9 nitrogen and oxygen atoms in total. The van der Waals surface area contributed by atoms with E-state index in [1.54, 1.807) is 16.0 Å². The minimum absolute atomic E-state index is 0.259. The van der Waals surface area contributed by atoms with Crippen LogP contribution in [0.3, 0.4) is 0 Å². The highest BCUT2D eigenvalue weighted by atomic mass is 16.6. The number of hydrogen-bond donors (Lipinski definition) is 0. The molecular formula is C16H24N6O3. The third-order valence-corrected chi connectivity index (χ3v) is 4.50. The van der Waals surface area contributed by atoms with Crippen LogP contribution in [0.4, 0.5) is 16.6 Å². The van der Waals surface area contributed by atoms with E-state index in [-0.39, 0.29) is 6.09 Å². The lowest BCUT2D eigenvalue weighted by atomic mass is 10.3. The maximum Gasteiger partial charge on any atom is 0.409 e. The van der Waals surface area contributed by atoms with Crippen molar-refractivity contribution in [2.24, 2.45) is 0 Å². The van der Waals surface area contributed by atoms with Crippen LogP contribution in [-0.4, -0.2) is 91.2 Å². The molecule has 0 spiro atoms. The van der Waals surface area contributed by atoms with Gasteiger partial charge in [0.1, 0.15) is 5.82 Å². The Morgan fingerprint density at radius 1 is 1.12 bits per heavy atom. The number of carbonyl (C=O) groups is 2. The van der Waals surface area contributed by atoms with Crippen molar-refractivity contribution in [2.45, 2.75) is 6.92 Å². The minimum atomic E-state index is -0.259. The SMILES string of the molecule is CCOC(=O)N1CCN(c2nccc(N3CCN(C=O)CC3)n2)CC1. The fourth-order valence-corrected chi connectivity index (χ4v) is 3.03. The van der Waals surface area contributed by atoms with Gasteiger partial charge in [-0.1, -0.05) is 0 Å². The molecule has 2 amide bonds. The van der Waals surface area contributed by atoms with Crippen LogP contribution >= 0.6 is 0 Å². The maximum absolute atomic E-state index is 11.8. The van der Waals surface area contributed by atoms with Gasteiger partial charge >= 0.3 is 6.09 Å². The molecule has 3 rings (SSSR count). The van der Waals surface area contributed by atoms with Crippen LogP contribution < -0.4 is 9.80 Å². The Labute approximate surface area is 147 Å². The van der Waals surface area contributed by atoms with Crippen LogP contribution in [0.5, 0.6) is 0 Å². The van der Waals surface area contributed by atoms with Crippen molar-refractivity contribution in [2.75, 3.05) is 68.8 Å². The quantitative estimate of drug-likeness (QED) is 0.710. The predicted molar refractivity (Wildman–Crippen MR) is 92.7 cm³/mol. The Bertz CT molecular complexity index is 597. The van der Waals surface area contributed by atoms with Crippen molar-refractivity contribution in [1.82, 2.24) is 19.8 Å². The van der Waals surface area contributed by atoms with E-state index in [9.17, 15) is 9.59 Å². The lowest BCUT2D eigenvalue weighted by Gasteiger charge is -2.35. The van der Waals surface area contributed by atoms with Gasteiger partial charge in [0.25, 0.3) is 0 Å². The second kappa shape index (κ2) is 8.00. The summed E-state index contributed by atoms with van der Waals surface area (Å²) in [5, 5.41) is 0. The van der Waals surface area contributed by atoms with E-state index >= 15 is 0 Å². The number of anilines is 2. The molecule has 0 bridgehead atoms. The highest BCUT2D eigenvalue weighted by Gasteiger charge is 2.24. The average Bonchev–Trinajstić information content (AvgIpc) is 2.68. The van der Waals surface area contributed by atoms with Gasteiger partial charge in [-0.05, 0) is 13.0 Å². The molecule has 1 aromatic heterocycles. The molecule has 2 aliphatic heterocycles. The molecule has 0 N–H and O–H groups in total. The molecule has 2 fully saturated rings. The molecule has 0 atom stereocenters. The van der Waals surface area contributed by atoms with Crippen molar-refractivity contribution in [3.8, 4) is 0 Å². The second-order valence-electron chi connectivity index (χ2n) is 6.02. The van der Waals surface area contributed by atoms with Crippen molar-refractivity contribution in [3.63, 3.8) is 0 Å². The zero-order chi connectivity index (χ0) is 17.6. The third-order valence-electron chi connectivity index (χ3n) is 4.50. The van der Waals surface area contributed by atoms with Crippen LogP contribution in [0.25, 0.3) is 0 Å². The largest absolute Gasteiger partial charge is 0.450 e. The number of carbonyl (C=O) groups excluding carboxylic acids is 2. The van der Waals surface area contributed by atoms with Gasteiger partial charge in [-0.2, -0.15) is 4.98 Å². The number of amides is 2. The minimum Gasteiger partial charge on any atom is -0.450 e. The van der Waals surface area contributed by atoms with Gasteiger partial charge in [-0.25, -0.2) is 9.78 Å². The molecule has 0 saturated carbocycles. The molecule has 0 aromatic carbocycles. The molecule has 25 heavy (non-hydrogen) atoms. The molecule has 2 saturated heterocycles. The Hall–Kier alpha value is -2.58. The fraction of sp³-hybridized carbons (Fsp3) is 0.625. The number of rotatable bonds is 4. The van der Waals surface area contributed by atoms with Gasteiger partial charge in [0.2, 0.25) is 12.4 Å². The number of nitrogens with zero attached hydrogens (tertiary/aromatic N) is 6. The molecule has 9 heteroatoms. The van der Waals surface area contributed by atoms with E-state index in [4.69, 9.17) is 4.74 Å². The van der Waals surface area contributed by atoms with Crippen molar-refractivity contribution >= 4 is 24.3 Å². The number of ether oxygens (including phenoxy) is 1. The van der Waals surface area contributed by atoms with E-state index in [1.165, 1.54) is 0 Å². The summed E-state index contributed by atoms with van der Waals surface area (Å²) in [6.45, 7) is 7.72. The van der Waals surface area contributed by atoms with Gasteiger partial charge < -0.3 is 24.3 Å². The molecule has 0 unspecified atom stereocenters. The van der Waals surface area contributed by atoms with Crippen LogP contribution in [0, 0.1) is 0 Å². The topological polar surface area (TPSA) is 82.1 Å². The van der Waals surface area contributed by atoms with Gasteiger partial charge in [-0.15, -0.1) is 0 Å². The Morgan fingerprint density at radius 3 is 2.44 bits per heavy atom. The van der Waals surface area contributed by atoms with Crippen molar-refractivity contribution in [3.05, 3.63) is 12.3 Å². The molecule has 2 aliphatic rings. The summed E-state index contributed by atoms with van der Waals surface area (Å²) in [6, 6.07) is 1.90. The van der Waals surface area contributed by atoms with Crippen molar-refractivity contribution < 1.29 is 14.3 Å². The lowest BCUT2D eigenvalue weighted by molar-refractivity contribution is -0.118. The highest BCUT2D eigenvalue weighted by Crippen LogP contribution is 2.18. The zero-order valence-corrected chi connectivity index (χ0v) is 14.5. The van der Waals surface area contributed by atoms with Crippen LogP contribution in [-0.2, 0) is 9.53 Å². The molecule has 136 valence electrons. The average molecular weight is 348 g/mol. The fourth-order valence-electron chi connectivity index (χ4n) is 3.03. The van der Waals surface area contributed by atoms with E-state index in [0.29, 0.717) is 51.8 Å². The van der Waals surface area contributed by atoms with Crippen LogP contribution in [0.1, 0.15) is 6.92 Å². The summed E-state index contributed by atoms with van der Waals surface area (Å²) in [7, 11) is 0. The zero-order valence-electron chi connectivity index (χ0n) is 14.5. The third kappa shape index (κ3) is 4.09. The number of piperazine rings is 2. The summed E-state index contributed by atoms with van der Waals surface area (Å²) in [5.74, 6) is 1.56. The summed E-state index contributed by atoms with van der Waals surface area (Å²) in [5.41, 5.74) is 0. The molecular weight excluding hydrogens is 324 g/mol. The summed E-state index contributed by atoms with van der Waals surface area (Å²) < 4.78 is 5.04. The first-order valence-corrected chi connectivity index (χ1v) is 8.65. The van der Waals surface area contributed by atoms with Gasteiger partial charge in [-0.3, -0.25) is 4.79 Å². The Morgan fingerprint density at radius 2 is 1.80 bits per heavy atom. The summed E-state index contributed by atoms with van der Waals surface area (Å²) in [4.78, 5) is 39.4. The normalized spacial score (nSPS) is 18.3. The Balaban J connectivity index is 1.59. The smallest absolute Gasteiger partial charge is 0.409 e. The van der Waals surface area contributed by atoms with E-state index in [0.717, 1.165) is 25.3 Å². The van der Waals surface area contributed by atoms with Crippen LogP contribution in [0.15, 0.2) is 12.3 Å². The van der Waals surface area contributed by atoms with E-state index in [2.05, 4.69) is 19.8 Å². The molecule has 1 aromatic rings. The molecule has 0 aliphatic carbocycles. The maximum atomic E-state index is 11.8. The van der Waals surface area contributed by atoms with E-state index < -0.39 is 0 Å². The number of aromatic nitrogens is 2. The first kappa shape index (κ1) is 17.2. The molecule has 0 radical (unpaired) electrons. The molecule has 3 heterocycles. The number of hydrogen-bond acceptors (Lipinski definition) is 7. The van der Waals surface area contributed by atoms with E-state index in [1.807, 2.05) is 13.0 Å². The second-order valence-corrected chi connectivity index (χ2v) is 6.02. The van der Waals surface area contributed by atoms with Crippen LogP contribution in [0.2, 0.25) is 0 Å². The highest BCUT2D eigenvalue weighted by molar-refractivity contribution is 5.68. The van der Waals surface area contributed by atoms with Gasteiger partial charge in [0.15, 0.2) is 0 Å².